The molecule has 2 aromatic heterocycles. The molecule has 5 rings (SSSR count). The van der Waals surface area contributed by atoms with Crippen LogP contribution in [0.1, 0.15) is 33.1 Å². The minimum Gasteiger partial charge on any atom is -0.507 e. The third kappa shape index (κ3) is 4.23. The van der Waals surface area contributed by atoms with Crippen LogP contribution in [-0.2, 0) is 0 Å². The fourth-order valence-electron chi connectivity index (χ4n) is 5.39. The fourth-order valence-corrected chi connectivity index (χ4v) is 5.80. The normalized spacial score (nSPS) is 27.7. The van der Waals surface area contributed by atoms with Gasteiger partial charge in [-0.15, -0.1) is 22.0 Å². The van der Waals surface area contributed by atoms with E-state index in [2.05, 4.69) is 32.4 Å². The third-order valence-electron chi connectivity index (χ3n) is 7.37. The summed E-state index contributed by atoms with van der Waals surface area (Å²) in [5.74, 6) is 0.251. The third-order valence-corrected chi connectivity index (χ3v) is 8.06. The van der Waals surface area contributed by atoms with E-state index in [1.54, 1.807) is 30.8 Å². The van der Waals surface area contributed by atoms with Crippen molar-refractivity contribution in [3.05, 3.63) is 42.5 Å². The lowest BCUT2D eigenvalue weighted by molar-refractivity contribution is 0.0859. The number of halogens is 2. The van der Waals surface area contributed by atoms with Gasteiger partial charge in [0.25, 0.3) is 0 Å². The minimum atomic E-state index is -1.05. The summed E-state index contributed by atoms with van der Waals surface area (Å²) in [4.78, 5) is 10.3. The Morgan fingerprint density at radius 2 is 1.91 bits per heavy atom. The van der Waals surface area contributed by atoms with E-state index in [1.807, 2.05) is 18.9 Å². The van der Waals surface area contributed by atoms with Crippen molar-refractivity contribution in [1.29, 1.82) is 0 Å². The van der Waals surface area contributed by atoms with Gasteiger partial charge < -0.3 is 15.3 Å². The highest BCUT2D eigenvalue weighted by Gasteiger charge is 2.56. The first-order valence-electron chi connectivity index (χ1n) is 11.5. The van der Waals surface area contributed by atoms with Crippen molar-refractivity contribution in [1.82, 2.24) is 25.5 Å². The van der Waals surface area contributed by atoms with Crippen LogP contribution in [0.2, 0.25) is 0 Å². The summed E-state index contributed by atoms with van der Waals surface area (Å²) < 4.78 is 29.6. The Balaban J connectivity index is 1.36. The number of anilines is 1. The van der Waals surface area contributed by atoms with Gasteiger partial charge in [0.05, 0.1) is 17.8 Å². The molecular formula is C25H28F2N6OS. The second-order valence-corrected chi connectivity index (χ2v) is 10.8. The van der Waals surface area contributed by atoms with Crippen molar-refractivity contribution < 1.29 is 13.9 Å². The monoisotopic (exact) mass is 498 g/mol. The molecule has 0 unspecified atom stereocenters. The van der Waals surface area contributed by atoms with E-state index in [0.29, 0.717) is 34.0 Å². The number of thioether (sulfide) groups is 1. The average molecular weight is 499 g/mol. The zero-order valence-corrected chi connectivity index (χ0v) is 20.9. The first-order valence-corrected chi connectivity index (χ1v) is 12.7. The van der Waals surface area contributed by atoms with Gasteiger partial charge in [-0.1, -0.05) is 6.07 Å². The molecule has 7 nitrogen and oxygen atoms in total. The van der Waals surface area contributed by atoms with Crippen LogP contribution in [0.15, 0.2) is 41.7 Å². The molecule has 2 aliphatic heterocycles. The first-order chi connectivity index (χ1) is 16.6. The highest BCUT2D eigenvalue weighted by atomic mass is 32.2. The Morgan fingerprint density at radius 3 is 2.57 bits per heavy atom. The Labute approximate surface area is 207 Å². The van der Waals surface area contributed by atoms with Crippen molar-refractivity contribution in [3.63, 3.8) is 0 Å². The molecule has 1 aromatic carbocycles. The van der Waals surface area contributed by atoms with E-state index in [1.165, 1.54) is 23.9 Å². The number of aromatic hydroxyl groups is 1. The molecule has 0 radical (unpaired) electrons. The molecule has 3 aromatic rings. The first kappa shape index (κ1) is 23.9. The maximum Gasteiger partial charge on any atom is 0.185 e. The molecule has 2 saturated heterocycles. The Hall–Kier alpha value is -2.85. The van der Waals surface area contributed by atoms with Crippen molar-refractivity contribution in [3.8, 4) is 28.3 Å². The molecule has 0 amide bonds. The number of alkyl halides is 1. The van der Waals surface area contributed by atoms with Gasteiger partial charge in [0.15, 0.2) is 17.5 Å². The highest BCUT2D eigenvalue weighted by molar-refractivity contribution is 7.98. The summed E-state index contributed by atoms with van der Waals surface area (Å²) in [5.41, 5.74) is 0.920. The van der Waals surface area contributed by atoms with E-state index in [9.17, 15) is 9.50 Å². The maximum absolute atomic E-state index is 15.4. The van der Waals surface area contributed by atoms with Crippen LogP contribution >= 0.6 is 11.8 Å². The Morgan fingerprint density at radius 1 is 1.11 bits per heavy atom. The summed E-state index contributed by atoms with van der Waals surface area (Å²) >= 11 is 1.23. The topological polar surface area (TPSA) is 87.1 Å². The predicted octanol–water partition coefficient (Wildman–Crippen LogP) is 4.61. The Bertz CT molecular complexity index is 1260. The smallest absolute Gasteiger partial charge is 0.185 e. The largest absolute Gasteiger partial charge is 0.507 e. The summed E-state index contributed by atoms with van der Waals surface area (Å²) in [5, 5.41) is 22.9. The number of benzene rings is 1. The molecule has 10 heteroatoms. The van der Waals surface area contributed by atoms with Crippen LogP contribution < -0.4 is 10.2 Å². The molecular weight excluding hydrogens is 470 g/mol. The number of hydrogen-bond donors (Lipinski definition) is 2. The molecule has 4 atom stereocenters. The number of aromatic nitrogens is 4. The highest BCUT2D eigenvalue weighted by Crippen LogP contribution is 2.45. The summed E-state index contributed by atoms with van der Waals surface area (Å²) in [7, 11) is 1.82. The van der Waals surface area contributed by atoms with Gasteiger partial charge in [-0.25, -0.2) is 18.7 Å². The van der Waals surface area contributed by atoms with Gasteiger partial charge in [-0.05, 0) is 63.1 Å². The van der Waals surface area contributed by atoms with Crippen molar-refractivity contribution in [2.45, 2.75) is 61.4 Å². The van der Waals surface area contributed by atoms with Crippen molar-refractivity contribution >= 4 is 17.6 Å². The second-order valence-electron chi connectivity index (χ2n) is 9.97. The van der Waals surface area contributed by atoms with E-state index >= 15 is 4.39 Å². The molecule has 2 aliphatic rings. The van der Waals surface area contributed by atoms with Gasteiger partial charge in [0.1, 0.15) is 16.9 Å². The number of rotatable bonds is 5. The van der Waals surface area contributed by atoms with Crippen LogP contribution in [0.4, 0.5) is 14.6 Å². The number of hydrogen-bond acceptors (Lipinski definition) is 8. The quantitative estimate of drug-likeness (QED) is 0.493. The lowest BCUT2D eigenvalue weighted by atomic mass is 9.82. The molecule has 4 heterocycles. The number of nitrogens with zero attached hydrogens (tertiary/aromatic N) is 5. The summed E-state index contributed by atoms with van der Waals surface area (Å²) in [6.45, 7) is 4.09. The molecule has 0 saturated carbocycles. The lowest BCUT2D eigenvalue weighted by Gasteiger charge is -2.47. The van der Waals surface area contributed by atoms with Gasteiger partial charge in [0.2, 0.25) is 0 Å². The number of fused-ring (bicyclic) bond motifs is 2. The number of pyridine rings is 1. The van der Waals surface area contributed by atoms with E-state index < -0.39 is 17.5 Å². The van der Waals surface area contributed by atoms with Crippen LogP contribution in [0.3, 0.4) is 0 Å². The number of phenols is 1. The molecule has 35 heavy (non-hydrogen) atoms. The molecule has 2 bridgehead atoms. The minimum absolute atomic E-state index is 0.0562. The van der Waals surface area contributed by atoms with Crippen LogP contribution in [-0.4, -0.2) is 61.9 Å². The van der Waals surface area contributed by atoms with E-state index in [0.717, 1.165) is 12.8 Å². The van der Waals surface area contributed by atoms with Gasteiger partial charge in [0, 0.05) is 29.9 Å². The molecule has 0 spiro atoms. The predicted molar refractivity (Wildman–Crippen MR) is 133 cm³/mol. The average Bonchev–Trinajstić information content (AvgIpc) is 3.12. The number of nitrogens with one attached hydrogen (secondary N) is 1. The summed E-state index contributed by atoms with van der Waals surface area (Å²) in [6.07, 6.45) is 6.24. The van der Waals surface area contributed by atoms with E-state index in [-0.39, 0.29) is 23.2 Å². The summed E-state index contributed by atoms with van der Waals surface area (Å²) in [6, 6.07) is 5.98. The lowest BCUT2D eigenvalue weighted by Crippen LogP contribution is -2.65. The molecule has 184 valence electrons. The van der Waals surface area contributed by atoms with E-state index in [4.69, 9.17) is 0 Å². The zero-order valence-electron chi connectivity index (χ0n) is 20.1. The molecule has 2 N–H and O–H groups in total. The van der Waals surface area contributed by atoms with Crippen LogP contribution in [0.25, 0.3) is 22.5 Å². The second kappa shape index (κ2) is 8.67. The van der Waals surface area contributed by atoms with Crippen LogP contribution in [0.5, 0.6) is 5.75 Å². The zero-order chi connectivity index (χ0) is 25.0. The number of phenolic OH excluding ortho intramolecular Hbond substituents is 1. The maximum atomic E-state index is 15.4. The number of piperidine rings is 1. The van der Waals surface area contributed by atoms with Crippen LogP contribution in [0, 0.1) is 5.82 Å². The fraction of sp³-hybridized carbons (Fsp3) is 0.440. The van der Waals surface area contributed by atoms with Gasteiger partial charge in [-0.3, -0.25) is 0 Å². The SMILES string of the molecule is CSc1ncc(-c2ccc(-c3ncc(N(C)[C@H]4C[C@]5(C)CC[C@@](C)(N5)[C@H]4F)nn3)c(O)c2)cc1F. The van der Waals surface area contributed by atoms with Gasteiger partial charge >= 0.3 is 0 Å². The van der Waals surface area contributed by atoms with Gasteiger partial charge in [-0.2, -0.15) is 0 Å². The Kier molecular flexibility index (Phi) is 5.91. The molecule has 2 fully saturated rings. The molecule has 0 aliphatic carbocycles. The van der Waals surface area contributed by atoms with Crippen molar-refractivity contribution in [2.75, 3.05) is 18.2 Å². The van der Waals surface area contributed by atoms with Crippen molar-refractivity contribution in [2.24, 2.45) is 0 Å². The standard InChI is InChI=1S/C25H28F2N6OS/c1-24-7-8-25(2,32-24)21(27)18(11-24)33(3)20-13-28-22(31-30-20)16-6-5-14(10-19(16)34)15-9-17(26)23(35-4)29-12-15/h5-6,9-10,12-13,18,21,32,34H,7-8,11H2,1-4H3/t18-,21-,24-,25+/m0/s1.